The fourth-order valence-electron chi connectivity index (χ4n) is 2.34. The summed E-state index contributed by atoms with van der Waals surface area (Å²) in [5, 5.41) is 14.4. The Labute approximate surface area is 112 Å². The van der Waals surface area contributed by atoms with Crippen LogP contribution in [0.3, 0.4) is 0 Å². The van der Waals surface area contributed by atoms with Gasteiger partial charge in [-0.05, 0) is 12.8 Å². The van der Waals surface area contributed by atoms with E-state index < -0.39 is 12.0 Å². The summed E-state index contributed by atoms with van der Waals surface area (Å²) in [4.78, 5) is 25.8. The number of oxime groups is 1. The van der Waals surface area contributed by atoms with Crippen LogP contribution in [0.5, 0.6) is 0 Å². The van der Waals surface area contributed by atoms with Crippen LogP contribution < -0.4 is 11.1 Å². The molecule has 2 unspecified atom stereocenters. The van der Waals surface area contributed by atoms with E-state index in [1.54, 1.807) is 0 Å². The van der Waals surface area contributed by atoms with Gasteiger partial charge in [-0.2, -0.15) is 0 Å². The molecular weight excluding hydrogens is 248 g/mol. The fraction of sp³-hybridized carbons (Fsp3) is 0.750. The molecule has 1 rings (SSSR count). The summed E-state index contributed by atoms with van der Waals surface area (Å²) in [6, 6.07) is -0.466. The second-order valence-corrected chi connectivity index (χ2v) is 4.61. The van der Waals surface area contributed by atoms with E-state index in [0.29, 0.717) is 25.9 Å². The first-order valence-corrected chi connectivity index (χ1v) is 6.62. The van der Waals surface area contributed by atoms with Gasteiger partial charge in [0.1, 0.15) is 6.04 Å². The largest absolute Gasteiger partial charge is 0.409 e. The van der Waals surface area contributed by atoms with Gasteiger partial charge in [-0.15, -0.1) is 0 Å². The van der Waals surface area contributed by atoms with Crippen molar-refractivity contribution in [2.75, 3.05) is 13.1 Å². The molecule has 0 aromatic rings. The van der Waals surface area contributed by atoms with E-state index in [0.717, 1.165) is 6.42 Å². The van der Waals surface area contributed by atoms with Crippen LogP contribution in [-0.2, 0) is 9.59 Å². The number of hydrogen-bond donors (Lipinski definition) is 3. The Morgan fingerprint density at radius 1 is 1.63 bits per heavy atom. The normalized spacial score (nSPS) is 22.0. The topological polar surface area (TPSA) is 108 Å². The molecule has 1 aliphatic rings. The van der Waals surface area contributed by atoms with Crippen molar-refractivity contribution in [3.8, 4) is 0 Å². The Balaban J connectivity index is 2.91. The molecule has 7 nitrogen and oxygen atoms in total. The Morgan fingerprint density at radius 3 is 2.84 bits per heavy atom. The van der Waals surface area contributed by atoms with Crippen LogP contribution in [0, 0.1) is 5.92 Å². The number of hydrogen-bond acceptors (Lipinski definition) is 4. The minimum absolute atomic E-state index is 0.0901. The molecule has 0 saturated carbocycles. The van der Waals surface area contributed by atoms with Gasteiger partial charge in [-0.25, -0.2) is 0 Å². The van der Waals surface area contributed by atoms with Gasteiger partial charge < -0.3 is 21.2 Å². The zero-order valence-electron chi connectivity index (χ0n) is 11.4. The summed E-state index contributed by atoms with van der Waals surface area (Å²) >= 11 is 0. The average Bonchev–Trinajstić information content (AvgIpc) is 2.42. The van der Waals surface area contributed by atoms with Crippen LogP contribution in [0.15, 0.2) is 5.16 Å². The van der Waals surface area contributed by atoms with Crippen LogP contribution >= 0.6 is 0 Å². The van der Waals surface area contributed by atoms with Gasteiger partial charge in [0.15, 0.2) is 5.84 Å². The maximum absolute atomic E-state index is 12.5. The third-order valence-electron chi connectivity index (χ3n) is 3.35. The monoisotopic (exact) mass is 270 g/mol. The van der Waals surface area contributed by atoms with Crippen molar-refractivity contribution in [1.82, 2.24) is 10.2 Å². The first-order valence-electron chi connectivity index (χ1n) is 6.62. The third-order valence-corrected chi connectivity index (χ3v) is 3.35. The van der Waals surface area contributed by atoms with E-state index >= 15 is 0 Å². The lowest BCUT2D eigenvalue weighted by Crippen LogP contribution is -2.59. The van der Waals surface area contributed by atoms with Crippen molar-refractivity contribution in [2.45, 2.75) is 39.2 Å². The standard InChI is InChI=1S/C12H22N4O3/c1-3-5-8(10(13)15-19)12(18)16-7-6-14-11(17)9(16)4-2/h8-9,19H,3-7H2,1-2H3,(H2,13,15)(H,14,17). The van der Waals surface area contributed by atoms with E-state index in [4.69, 9.17) is 10.9 Å². The Kier molecular flexibility index (Phi) is 5.59. The minimum Gasteiger partial charge on any atom is -0.409 e. The number of carbonyl (C=O) groups is 2. The molecule has 1 heterocycles. The molecule has 108 valence electrons. The fourth-order valence-corrected chi connectivity index (χ4v) is 2.34. The SMILES string of the molecule is CCCC(C(=O)N1CCNC(=O)C1CC)/C(N)=N/O. The molecule has 1 aliphatic heterocycles. The molecule has 0 aliphatic carbocycles. The third kappa shape index (κ3) is 3.36. The highest BCUT2D eigenvalue weighted by molar-refractivity contribution is 6.03. The average molecular weight is 270 g/mol. The lowest BCUT2D eigenvalue weighted by molar-refractivity contribution is -0.145. The van der Waals surface area contributed by atoms with E-state index in [9.17, 15) is 9.59 Å². The molecule has 2 atom stereocenters. The minimum atomic E-state index is -0.657. The number of amidine groups is 1. The smallest absolute Gasteiger partial charge is 0.242 e. The molecule has 19 heavy (non-hydrogen) atoms. The zero-order valence-corrected chi connectivity index (χ0v) is 11.4. The summed E-state index contributed by atoms with van der Waals surface area (Å²) in [6.45, 7) is 4.68. The van der Waals surface area contributed by atoms with Gasteiger partial charge in [0, 0.05) is 13.1 Å². The van der Waals surface area contributed by atoms with Crippen molar-refractivity contribution >= 4 is 17.6 Å². The van der Waals surface area contributed by atoms with Crippen molar-refractivity contribution in [2.24, 2.45) is 16.8 Å². The van der Waals surface area contributed by atoms with Gasteiger partial charge in [-0.1, -0.05) is 25.4 Å². The predicted octanol–water partition coefficient (Wildman–Crippen LogP) is -0.114. The maximum atomic E-state index is 12.5. The van der Waals surface area contributed by atoms with Crippen LogP contribution in [0.4, 0.5) is 0 Å². The first kappa shape index (κ1) is 15.3. The van der Waals surface area contributed by atoms with E-state index in [1.807, 2.05) is 13.8 Å². The second-order valence-electron chi connectivity index (χ2n) is 4.61. The molecule has 0 aromatic carbocycles. The number of amides is 2. The Bertz CT molecular complexity index is 370. The molecule has 2 amide bonds. The highest BCUT2D eigenvalue weighted by Crippen LogP contribution is 2.16. The lowest BCUT2D eigenvalue weighted by atomic mass is 9.98. The molecule has 1 saturated heterocycles. The number of rotatable bonds is 5. The Morgan fingerprint density at radius 2 is 2.32 bits per heavy atom. The number of nitrogens with one attached hydrogen (secondary N) is 1. The molecule has 1 fully saturated rings. The van der Waals surface area contributed by atoms with E-state index in [2.05, 4.69) is 10.5 Å². The van der Waals surface area contributed by atoms with E-state index in [-0.39, 0.29) is 17.6 Å². The Hall–Kier alpha value is -1.79. The first-order chi connectivity index (χ1) is 9.06. The number of nitrogens with two attached hydrogens (primary N) is 1. The van der Waals surface area contributed by atoms with Gasteiger partial charge in [0.25, 0.3) is 0 Å². The molecule has 4 N–H and O–H groups in total. The quantitative estimate of drug-likeness (QED) is 0.280. The summed E-state index contributed by atoms with van der Waals surface area (Å²) in [6.07, 6.45) is 1.79. The summed E-state index contributed by atoms with van der Waals surface area (Å²) in [7, 11) is 0. The van der Waals surface area contributed by atoms with Crippen molar-refractivity contribution in [3.05, 3.63) is 0 Å². The van der Waals surface area contributed by atoms with Crippen molar-refractivity contribution in [3.63, 3.8) is 0 Å². The van der Waals surface area contributed by atoms with Crippen LogP contribution in [0.1, 0.15) is 33.1 Å². The highest BCUT2D eigenvalue weighted by atomic mass is 16.4. The van der Waals surface area contributed by atoms with Crippen molar-refractivity contribution < 1.29 is 14.8 Å². The molecular formula is C12H22N4O3. The summed E-state index contributed by atoms with van der Waals surface area (Å²) in [5.74, 6) is -1.13. The van der Waals surface area contributed by atoms with Gasteiger partial charge in [-0.3, -0.25) is 9.59 Å². The molecule has 0 radical (unpaired) electrons. The second kappa shape index (κ2) is 6.96. The molecule has 0 spiro atoms. The zero-order chi connectivity index (χ0) is 14.4. The lowest BCUT2D eigenvalue weighted by Gasteiger charge is -2.36. The van der Waals surface area contributed by atoms with Crippen molar-refractivity contribution in [1.29, 1.82) is 0 Å². The van der Waals surface area contributed by atoms with Crippen LogP contribution in [0.2, 0.25) is 0 Å². The molecule has 7 heteroatoms. The molecule has 0 bridgehead atoms. The predicted molar refractivity (Wildman–Crippen MR) is 70.6 cm³/mol. The van der Waals surface area contributed by atoms with Crippen LogP contribution in [0.25, 0.3) is 0 Å². The maximum Gasteiger partial charge on any atom is 0.242 e. The summed E-state index contributed by atoms with van der Waals surface area (Å²) < 4.78 is 0. The van der Waals surface area contributed by atoms with Crippen LogP contribution in [-0.4, -0.2) is 46.9 Å². The van der Waals surface area contributed by atoms with Gasteiger partial charge in [0.2, 0.25) is 11.8 Å². The summed E-state index contributed by atoms with van der Waals surface area (Å²) in [5.41, 5.74) is 5.58. The number of carbonyl (C=O) groups excluding carboxylic acids is 2. The van der Waals surface area contributed by atoms with E-state index in [1.165, 1.54) is 4.90 Å². The highest BCUT2D eigenvalue weighted by Gasteiger charge is 2.36. The van der Waals surface area contributed by atoms with Gasteiger partial charge >= 0.3 is 0 Å². The van der Waals surface area contributed by atoms with Gasteiger partial charge in [0.05, 0.1) is 5.92 Å². The number of nitrogens with zero attached hydrogens (tertiary/aromatic N) is 2. The number of piperazine rings is 1. The molecule has 0 aromatic heterocycles.